The number of anilines is 1. The number of aromatic nitrogens is 2. The maximum Gasteiger partial charge on any atom is 0.257 e. The largest absolute Gasteiger partial charge is 0.472 e. The van der Waals surface area contributed by atoms with Gasteiger partial charge in [-0.25, -0.2) is 9.97 Å². The van der Waals surface area contributed by atoms with E-state index in [0.717, 1.165) is 57.9 Å². The van der Waals surface area contributed by atoms with Crippen LogP contribution in [0.25, 0.3) is 0 Å². The summed E-state index contributed by atoms with van der Waals surface area (Å²) in [6.45, 7) is 9.48. The summed E-state index contributed by atoms with van der Waals surface area (Å²) in [5.41, 5.74) is 0. The summed E-state index contributed by atoms with van der Waals surface area (Å²) in [5, 5.41) is 0. The van der Waals surface area contributed by atoms with Gasteiger partial charge < -0.3 is 19.4 Å². The van der Waals surface area contributed by atoms with E-state index in [1.807, 2.05) is 18.7 Å². The average molecular weight is 361 g/mol. The zero-order valence-corrected chi connectivity index (χ0v) is 16.2. The van der Waals surface area contributed by atoms with E-state index in [1.165, 1.54) is 0 Å². The van der Waals surface area contributed by atoms with Gasteiger partial charge in [-0.3, -0.25) is 4.79 Å². The van der Waals surface area contributed by atoms with Crippen molar-refractivity contribution in [1.29, 1.82) is 0 Å². The molecule has 2 aliphatic heterocycles. The molecule has 1 amide bonds. The molecule has 0 unspecified atom stereocenters. The average Bonchev–Trinajstić information content (AvgIpc) is 2.63. The molecule has 3 rings (SSSR count). The van der Waals surface area contributed by atoms with Crippen LogP contribution in [0.4, 0.5) is 5.82 Å². The SMILES string of the molecule is CC(C)Oc1nccnc1N1CCC(CC(=O)N2CCN(C)CC2)CC1. The molecule has 1 aromatic rings. The Morgan fingerprint density at radius 1 is 1.12 bits per heavy atom. The first-order chi connectivity index (χ1) is 12.5. The van der Waals surface area contributed by atoms with Crippen molar-refractivity contribution in [2.45, 2.75) is 39.2 Å². The number of hydrogen-bond donors (Lipinski definition) is 0. The van der Waals surface area contributed by atoms with Crippen molar-refractivity contribution < 1.29 is 9.53 Å². The van der Waals surface area contributed by atoms with E-state index in [1.54, 1.807) is 12.4 Å². The Bertz CT molecular complexity index is 593. The smallest absolute Gasteiger partial charge is 0.257 e. The lowest BCUT2D eigenvalue weighted by atomic mass is 9.93. The predicted molar refractivity (Wildman–Crippen MR) is 101 cm³/mol. The van der Waals surface area contributed by atoms with Crippen LogP contribution in [0.5, 0.6) is 5.88 Å². The number of hydrogen-bond acceptors (Lipinski definition) is 6. The van der Waals surface area contributed by atoms with Crippen LogP contribution in [0.2, 0.25) is 0 Å². The topological polar surface area (TPSA) is 61.8 Å². The molecule has 0 saturated carbocycles. The van der Waals surface area contributed by atoms with Gasteiger partial charge in [-0.1, -0.05) is 0 Å². The maximum atomic E-state index is 12.6. The summed E-state index contributed by atoms with van der Waals surface area (Å²) in [6.07, 6.45) is 6.15. The van der Waals surface area contributed by atoms with Gasteiger partial charge in [0.05, 0.1) is 6.10 Å². The lowest BCUT2D eigenvalue weighted by Gasteiger charge is -2.36. The number of ether oxygens (including phenoxy) is 1. The molecular weight excluding hydrogens is 330 g/mol. The molecule has 144 valence electrons. The molecule has 2 aliphatic rings. The number of carbonyl (C=O) groups excluding carboxylic acids is 1. The standard InChI is InChI=1S/C19H31N5O2/c1-15(2)26-19-18(20-6-7-21-19)24-8-4-16(5-9-24)14-17(25)23-12-10-22(3)11-13-23/h6-7,15-16H,4-5,8-14H2,1-3H3. The molecule has 0 bridgehead atoms. The molecule has 0 N–H and O–H groups in total. The molecule has 0 spiro atoms. The van der Waals surface area contributed by atoms with E-state index in [-0.39, 0.29) is 6.10 Å². The van der Waals surface area contributed by atoms with Gasteiger partial charge >= 0.3 is 0 Å². The second-order valence-corrected chi connectivity index (χ2v) is 7.67. The van der Waals surface area contributed by atoms with Gasteiger partial charge in [-0.2, -0.15) is 0 Å². The lowest BCUT2D eigenvalue weighted by Crippen LogP contribution is -2.47. The van der Waals surface area contributed by atoms with E-state index in [4.69, 9.17) is 4.74 Å². The maximum absolute atomic E-state index is 12.6. The summed E-state index contributed by atoms with van der Waals surface area (Å²) in [6, 6.07) is 0. The number of likely N-dealkylation sites (N-methyl/N-ethyl adjacent to an activating group) is 1. The molecule has 1 aromatic heterocycles. The van der Waals surface area contributed by atoms with Crippen molar-refractivity contribution in [2.75, 3.05) is 51.2 Å². The molecule has 7 heteroatoms. The number of amides is 1. The van der Waals surface area contributed by atoms with Crippen LogP contribution in [0.1, 0.15) is 33.1 Å². The van der Waals surface area contributed by atoms with Gasteiger partial charge in [0.2, 0.25) is 5.91 Å². The Morgan fingerprint density at radius 2 is 1.77 bits per heavy atom. The van der Waals surface area contributed by atoms with Gasteiger partial charge in [-0.15, -0.1) is 0 Å². The highest BCUT2D eigenvalue weighted by Gasteiger charge is 2.27. The second-order valence-electron chi connectivity index (χ2n) is 7.67. The minimum absolute atomic E-state index is 0.0733. The molecule has 26 heavy (non-hydrogen) atoms. The van der Waals surface area contributed by atoms with Crippen molar-refractivity contribution in [2.24, 2.45) is 5.92 Å². The Labute approximate surface area is 156 Å². The zero-order valence-electron chi connectivity index (χ0n) is 16.2. The van der Waals surface area contributed by atoms with E-state index in [2.05, 4.69) is 26.8 Å². The summed E-state index contributed by atoms with van der Waals surface area (Å²) in [4.78, 5) is 27.9. The first kappa shape index (κ1) is 18.9. The molecule has 0 radical (unpaired) electrons. The van der Waals surface area contributed by atoms with Crippen LogP contribution >= 0.6 is 0 Å². The Morgan fingerprint density at radius 3 is 2.42 bits per heavy atom. The number of piperidine rings is 1. The number of piperazine rings is 1. The normalized spacial score (nSPS) is 19.8. The van der Waals surface area contributed by atoms with Gasteiger partial charge in [-0.05, 0) is 39.7 Å². The summed E-state index contributed by atoms with van der Waals surface area (Å²) >= 11 is 0. The van der Waals surface area contributed by atoms with Gasteiger partial charge in [0.15, 0.2) is 5.82 Å². The van der Waals surface area contributed by atoms with E-state index < -0.39 is 0 Å². The Balaban J connectivity index is 1.51. The number of carbonyl (C=O) groups is 1. The number of nitrogens with zero attached hydrogens (tertiary/aromatic N) is 5. The third-order valence-electron chi connectivity index (χ3n) is 5.23. The van der Waals surface area contributed by atoms with E-state index in [0.29, 0.717) is 24.1 Å². The Kier molecular flexibility index (Phi) is 6.29. The fourth-order valence-electron chi connectivity index (χ4n) is 3.62. The molecule has 7 nitrogen and oxygen atoms in total. The minimum Gasteiger partial charge on any atom is -0.472 e. The summed E-state index contributed by atoms with van der Waals surface area (Å²) < 4.78 is 5.80. The zero-order chi connectivity index (χ0) is 18.5. The molecular formula is C19H31N5O2. The molecule has 0 aliphatic carbocycles. The summed E-state index contributed by atoms with van der Waals surface area (Å²) in [7, 11) is 2.11. The predicted octanol–water partition coefficient (Wildman–Crippen LogP) is 1.64. The molecule has 0 atom stereocenters. The van der Waals surface area contributed by atoms with Crippen molar-refractivity contribution in [1.82, 2.24) is 19.8 Å². The van der Waals surface area contributed by atoms with E-state index in [9.17, 15) is 4.79 Å². The fraction of sp³-hybridized carbons (Fsp3) is 0.737. The van der Waals surface area contributed by atoms with E-state index >= 15 is 0 Å². The van der Waals surface area contributed by atoms with Gasteiger partial charge in [0.1, 0.15) is 0 Å². The van der Waals surface area contributed by atoms with Crippen LogP contribution in [-0.4, -0.2) is 78.1 Å². The quantitative estimate of drug-likeness (QED) is 0.795. The molecule has 2 fully saturated rings. The van der Waals surface area contributed by atoms with Crippen LogP contribution < -0.4 is 9.64 Å². The monoisotopic (exact) mass is 361 g/mol. The Hall–Kier alpha value is -1.89. The van der Waals surface area contributed by atoms with Crippen molar-refractivity contribution in [3.8, 4) is 5.88 Å². The van der Waals surface area contributed by atoms with Crippen LogP contribution in [0.15, 0.2) is 12.4 Å². The highest BCUT2D eigenvalue weighted by Crippen LogP contribution is 2.29. The minimum atomic E-state index is 0.0733. The summed E-state index contributed by atoms with van der Waals surface area (Å²) in [5.74, 6) is 2.21. The lowest BCUT2D eigenvalue weighted by molar-refractivity contribution is -0.133. The third kappa shape index (κ3) is 4.84. The first-order valence-corrected chi connectivity index (χ1v) is 9.72. The molecule has 0 aromatic carbocycles. The number of rotatable bonds is 5. The van der Waals surface area contributed by atoms with Crippen molar-refractivity contribution >= 4 is 11.7 Å². The van der Waals surface area contributed by atoms with Crippen LogP contribution in [0.3, 0.4) is 0 Å². The molecule has 3 heterocycles. The highest BCUT2D eigenvalue weighted by molar-refractivity contribution is 5.76. The third-order valence-corrected chi connectivity index (χ3v) is 5.23. The first-order valence-electron chi connectivity index (χ1n) is 9.72. The van der Waals surface area contributed by atoms with Crippen LogP contribution in [0, 0.1) is 5.92 Å². The fourth-order valence-corrected chi connectivity index (χ4v) is 3.62. The van der Waals surface area contributed by atoms with Crippen LogP contribution in [-0.2, 0) is 4.79 Å². The van der Waals surface area contributed by atoms with Gasteiger partial charge in [0.25, 0.3) is 5.88 Å². The van der Waals surface area contributed by atoms with Gasteiger partial charge in [0, 0.05) is 58.1 Å². The van der Waals surface area contributed by atoms with Crippen molar-refractivity contribution in [3.63, 3.8) is 0 Å². The molecule has 2 saturated heterocycles. The second kappa shape index (κ2) is 8.66. The highest BCUT2D eigenvalue weighted by atomic mass is 16.5. The van der Waals surface area contributed by atoms with Crippen molar-refractivity contribution in [3.05, 3.63) is 12.4 Å².